The van der Waals surface area contributed by atoms with Crippen molar-refractivity contribution in [3.63, 3.8) is 0 Å². The fourth-order valence-corrected chi connectivity index (χ4v) is 1.80. The number of esters is 1. The summed E-state index contributed by atoms with van der Waals surface area (Å²) in [5.74, 6) is -0.0505. The van der Waals surface area contributed by atoms with Crippen molar-refractivity contribution < 1.29 is 9.53 Å². The number of benzene rings is 1. The number of hydrogen-bond acceptors (Lipinski definition) is 5. The van der Waals surface area contributed by atoms with Crippen LogP contribution in [0.15, 0.2) is 30.5 Å². The van der Waals surface area contributed by atoms with Gasteiger partial charge in [0.1, 0.15) is 11.4 Å². The highest BCUT2D eigenvalue weighted by Gasteiger charge is 2.14. The lowest BCUT2D eigenvalue weighted by Gasteiger charge is -2.11. The number of nitrogens with one attached hydrogen (secondary N) is 1. The largest absolute Gasteiger partial charge is 0.465 e. The van der Waals surface area contributed by atoms with Gasteiger partial charge in [0.05, 0.1) is 19.0 Å². The van der Waals surface area contributed by atoms with Crippen LogP contribution in [-0.4, -0.2) is 18.1 Å². The van der Waals surface area contributed by atoms with E-state index in [1.54, 1.807) is 6.07 Å². The van der Waals surface area contributed by atoms with E-state index in [2.05, 4.69) is 10.3 Å². The average molecular weight is 271 g/mol. The summed E-state index contributed by atoms with van der Waals surface area (Å²) in [6, 6.07) is 7.48. The van der Waals surface area contributed by atoms with Crippen molar-refractivity contribution in [2.24, 2.45) is 0 Å². The van der Waals surface area contributed by atoms with Gasteiger partial charge in [0, 0.05) is 5.69 Å². The van der Waals surface area contributed by atoms with E-state index in [4.69, 9.17) is 10.5 Å². The first-order chi connectivity index (χ1) is 9.51. The molecule has 3 N–H and O–H groups in total. The van der Waals surface area contributed by atoms with Gasteiger partial charge in [-0.25, -0.2) is 9.78 Å². The third-order valence-corrected chi connectivity index (χ3v) is 3.08. The molecule has 0 amide bonds. The average Bonchev–Trinajstić information content (AvgIpc) is 2.44. The number of nitrogens with two attached hydrogens (primary N) is 1. The minimum absolute atomic E-state index is 0.311. The monoisotopic (exact) mass is 271 g/mol. The quantitative estimate of drug-likeness (QED) is 0.839. The molecule has 5 heteroatoms. The van der Waals surface area contributed by atoms with Crippen molar-refractivity contribution in [3.05, 3.63) is 47.2 Å². The maximum Gasteiger partial charge on any atom is 0.341 e. The standard InChI is InChI=1S/C15H17N3O2/c1-9-4-5-12(6-10(9)2)18-14-13(15(19)20-3)7-11(16)8-17-14/h4-8H,16H2,1-3H3,(H,17,18). The second kappa shape index (κ2) is 5.61. The van der Waals surface area contributed by atoms with E-state index in [0.29, 0.717) is 17.1 Å². The number of carbonyl (C=O) groups is 1. The molecule has 104 valence electrons. The van der Waals surface area contributed by atoms with Gasteiger partial charge in [0.25, 0.3) is 0 Å². The predicted octanol–water partition coefficient (Wildman–Crippen LogP) is 2.81. The Morgan fingerprint density at radius 1 is 1.25 bits per heavy atom. The number of carbonyl (C=O) groups excluding carboxylic acids is 1. The number of pyridine rings is 1. The summed E-state index contributed by atoms with van der Waals surface area (Å²) >= 11 is 0. The van der Waals surface area contributed by atoms with Crippen LogP contribution in [0, 0.1) is 13.8 Å². The molecule has 5 nitrogen and oxygen atoms in total. The maximum atomic E-state index is 11.7. The summed E-state index contributed by atoms with van der Waals surface area (Å²) in [4.78, 5) is 15.9. The molecule has 0 unspecified atom stereocenters. The van der Waals surface area contributed by atoms with Gasteiger partial charge in [-0.05, 0) is 43.2 Å². The zero-order valence-electron chi connectivity index (χ0n) is 11.7. The maximum absolute atomic E-state index is 11.7. The smallest absolute Gasteiger partial charge is 0.341 e. The lowest BCUT2D eigenvalue weighted by Crippen LogP contribution is -2.08. The van der Waals surface area contributed by atoms with Crippen molar-refractivity contribution >= 4 is 23.2 Å². The Morgan fingerprint density at radius 3 is 2.65 bits per heavy atom. The second-order valence-corrected chi connectivity index (χ2v) is 4.58. The van der Waals surface area contributed by atoms with Crippen molar-refractivity contribution in [1.82, 2.24) is 4.98 Å². The van der Waals surface area contributed by atoms with Gasteiger partial charge in [-0.1, -0.05) is 6.07 Å². The Hall–Kier alpha value is -2.56. The van der Waals surface area contributed by atoms with Crippen LogP contribution in [0.25, 0.3) is 0 Å². The number of aryl methyl sites for hydroxylation is 2. The van der Waals surface area contributed by atoms with Gasteiger partial charge < -0.3 is 15.8 Å². The molecule has 20 heavy (non-hydrogen) atoms. The van der Waals surface area contributed by atoms with E-state index < -0.39 is 5.97 Å². The Bertz CT molecular complexity index is 654. The summed E-state index contributed by atoms with van der Waals surface area (Å²) in [5.41, 5.74) is 9.60. The Kier molecular flexibility index (Phi) is 3.89. The molecule has 0 fully saturated rings. The number of rotatable bonds is 3. The SMILES string of the molecule is COC(=O)c1cc(N)cnc1Nc1ccc(C)c(C)c1. The molecule has 2 aromatic rings. The van der Waals surface area contributed by atoms with Crippen LogP contribution in [0.3, 0.4) is 0 Å². The summed E-state index contributed by atoms with van der Waals surface area (Å²) < 4.78 is 4.74. The lowest BCUT2D eigenvalue weighted by atomic mass is 10.1. The number of hydrogen-bond donors (Lipinski definition) is 2. The van der Waals surface area contributed by atoms with Crippen LogP contribution in [-0.2, 0) is 4.74 Å². The summed E-state index contributed by atoms with van der Waals surface area (Å²) in [6.45, 7) is 4.07. The molecule has 0 spiro atoms. The lowest BCUT2D eigenvalue weighted by molar-refractivity contribution is 0.0601. The molecule has 0 saturated heterocycles. The zero-order valence-corrected chi connectivity index (χ0v) is 11.7. The van der Waals surface area contributed by atoms with Crippen LogP contribution < -0.4 is 11.1 Å². The number of methoxy groups -OCH3 is 1. The minimum atomic E-state index is -0.476. The summed E-state index contributed by atoms with van der Waals surface area (Å²) in [5, 5.41) is 3.12. The first-order valence-electron chi connectivity index (χ1n) is 6.19. The number of aromatic nitrogens is 1. The van der Waals surface area contributed by atoms with Crippen molar-refractivity contribution in [3.8, 4) is 0 Å². The van der Waals surface area contributed by atoms with E-state index in [1.807, 2.05) is 32.0 Å². The molecular formula is C15H17N3O2. The fourth-order valence-electron chi connectivity index (χ4n) is 1.80. The number of anilines is 3. The fraction of sp³-hybridized carbons (Fsp3) is 0.200. The Balaban J connectivity index is 2.37. The topological polar surface area (TPSA) is 77.2 Å². The number of ether oxygens (including phenoxy) is 1. The van der Waals surface area contributed by atoms with Crippen LogP contribution in [0.2, 0.25) is 0 Å². The van der Waals surface area contributed by atoms with E-state index >= 15 is 0 Å². The van der Waals surface area contributed by atoms with Gasteiger partial charge in [-0.2, -0.15) is 0 Å². The molecule has 0 atom stereocenters. The van der Waals surface area contributed by atoms with Crippen molar-refractivity contribution in [2.75, 3.05) is 18.2 Å². The molecule has 0 aliphatic rings. The molecule has 1 aromatic heterocycles. The van der Waals surface area contributed by atoms with Crippen molar-refractivity contribution in [2.45, 2.75) is 13.8 Å². The van der Waals surface area contributed by atoms with E-state index in [1.165, 1.54) is 18.9 Å². The number of nitrogen functional groups attached to an aromatic ring is 1. The molecule has 0 aliphatic carbocycles. The number of nitrogens with zero attached hydrogens (tertiary/aromatic N) is 1. The van der Waals surface area contributed by atoms with E-state index in [0.717, 1.165) is 11.3 Å². The molecule has 1 heterocycles. The third kappa shape index (κ3) is 2.88. The van der Waals surface area contributed by atoms with Gasteiger partial charge in [-0.3, -0.25) is 0 Å². The molecule has 1 aromatic carbocycles. The molecule has 2 rings (SSSR count). The Morgan fingerprint density at radius 2 is 2.00 bits per heavy atom. The normalized spacial score (nSPS) is 10.2. The first-order valence-corrected chi connectivity index (χ1v) is 6.19. The molecular weight excluding hydrogens is 254 g/mol. The summed E-state index contributed by atoms with van der Waals surface area (Å²) in [7, 11) is 1.32. The van der Waals surface area contributed by atoms with Gasteiger partial charge in [0.2, 0.25) is 0 Å². The predicted molar refractivity (Wildman–Crippen MR) is 79.2 cm³/mol. The van der Waals surface area contributed by atoms with Crippen LogP contribution >= 0.6 is 0 Å². The van der Waals surface area contributed by atoms with Gasteiger partial charge in [-0.15, -0.1) is 0 Å². The van der Waals surface area contributed by atoms with Crippen LogP contribution in [0.1, 0.15) is 21.5 Å². The van der Waals surface area contributed by atoms with Crippen molar-refractivity contribution in [1.29, 1.82) is 0 Å². The molecule has 0 radical (unpaired) electrons. The van der Waals surface area contributed by atoms with Gasteiger partial charge in [0.15, 0.2) is 0 Å². The van der Waals surface area contributed by atoms with Gasteiger partial charge >= 0.3 is 5.97 Å². The highest BCUT2D eigenvalue weighted by Crippen LogP contribution is 2.22. The van der Waals surface area contributed by atoms with Crippen LogP contribution in [0.4, 0.5) is 17.2 Å². The zero-order chi connectivity index (χ0) is 14.7. The van der Waals surface area contributed by atoms with Crippen LogP contribution in [0.5, 0.6) is 0 Å². The third-order valence-electron chi connectivity index (χ3n) is 3.08. The van der Waals surface area contributed by atoms with E-state index in [9.17, 15) is 4.79 Å². The highest BCUT2D eigenvalue weighted by molar-refractivity contribution is 5.96. The minimum Gasteiger partial charge on any atom is -0.465 e. The summed E-state index contributed by atoms with van der Waals surface area (Å²) in [6.07, 6.45) is 1.50. The Labute approximate surface area is 117 Å². The van der Waals surface area contributed by atoms with E-state index in [-0.39, 0.29) is 0 Å². The molecule has 0 saturated carbocycles. The molecule has 0 bridgehead atoms. The highest BCUT2D eigenvalue weighted by atomic mass is 16.5. The first kappa shape index (κ1) is 13.9. The second-order valence-electron chi connectivity index (χ2n) is 4.58. The molecule has 0 aliphatic heterocycles.